The molecule has 0 saturated carbocycles. The molecule has 1 nitrogen and oxygen atoms in total. The summed E-state index contributed by atoms with van der Waals surface area (Å²) in [4.78, 5) is 0. The van der Waals surface area contributed by atoms with Gasteiger partial charge in [-0.3, -0.25) is 0 Å². The summed E-state index contributed by atoms with van der Waals surface area (Å²) in [5.41, 5.74) is 2.92. The molecule has 0 amide bonds. The van der Waals surface area contributed by atoms with Crippen LogP contribution in [0.25, 0.3) is 0 Å². The molecule has 1 aliphatic carbocycles. The van der Waals surface area contributed by atoms with Crippen LogP contribution in [-0.2, 0) is 6.42 Å². The zero-order chi connectivity index (χ0) is 8.55. The number of fused-ring (bicyclic) bond motifs is 1. The number of hydrogen-bond acceptors (Lipinski definition) is 0. The molecule has 63 valence electrons. The van der Waals surface area contributed by atoms with Gasteiger partial charge in [0, 0.05) is 7.05 Å². The molecule has 0 fully saturated rings. The van der Waals surface area contributed by atoms with Gasteiger partial charge < -0.3 is 0 Å². The highest BCUT2D eigenvalue weighted by Crippen LogP contribution is 2.35. The van der Waals surface area contributed by atoms with Crippen molar-refractivity contribution in [1.29, 1.82) is 0 Å². The fourth-order valence-electron chi connectivity index (χ4n) is 2.17. The summed E-state index contributed by atoms with van der Waals surface area (Å²) in [5.74, 6) is 0.687. The lowest BCUT2D eigenvalue weighted by atomic mass is 10.0. The van der Waals surface area contributed by atoms with Crippen LogP contribution in [0.15, 0.2) is 24.3 Å². The Bertz CT molecular complexity index is 280. The lowest BCUT2D eigenvalue weighted by Crippen LogP contribution is -2.12. The molecule has 0 heterocycles. The third kappa shape index (κ3) is 1.05. The molecule has 0 spiro atoms. The van der Waals surface area contributed by atoms with Crippen LogP contribution in [0.3, 0.4) is 0 Å². The quantitative estimate of drug-likeness (QED) is 0.597. The molecule has 1 aliphatic rings. The van der Waals surface area contributed by atoms with E-state index in [1.54, 1.807) is 0 Å². The Morgan fingerprint density at radius 2 is 2.08 bits per heavy atom. The summed E-state index contributed by atoms with van der Waals surface area (Å²) in [7, 11) is 1.92. The van der Waals surface area contributed by atoms with Crippen molar-refractivity contribution in [2.24, 2.45) is 5.92 Å². The molecule has 0 bridgehead atoms. The molecule has 2 atom stereocenters. The van der Waals surface area contributed by atoms with E-state index in [4.69, 9.17) is 0 Å². The monoisotopic (exact) mass is 160 g/mol. The smallest absolute Gasteiger partial charge is 0.0523 e. The third-order valence-corrected chi connectivity index (χ3v) is 2.73. The first-order chi connectivity index (χ1) is 5.83. The van der Waals surface area contributed by atoms with E-state index in [-0.39, 0.29) is 0 Å². The normalized spacial score (nSPS) is 27.2. The van der Waals surface area contributed by atoms with E-state index < -0.39 is 0 Å². The molecule has 0 aliphatic heterocycles. The van der Waals surface area contributed by atoms with E-state index in [1.165, 1.54) is 17.5 Å². The maximum Gasteiger partial charge on any atom is 0.0523 e. The highest BCUT2D eigenvalue weighted by molar-refractivity contribution is 5.35. The number of nitrogens with zero attached hydrogens (tertiary/aromatic N) is 1. The van der Waals surface area contributed by atoms with Crippen molar-refractivity contribution in [1.82, 2.24) is 5.32 Å². The zero-order valence-corrected chi connectivity index (χ0v) is 7.62. The van der Waals surface area contributed by atoms with Gasteiger partial charge in [-0.2, -0.15) is 0 Å². The van der Waals surface area contributed by atoms with Crippen LogP contribution < -0.4 is 5.32 Å². The molecule has 0 saturated heterocycles. The maximum atomic E-state index is 4.41. The lowest BCUT2D eigenvalue weighted by Gasteiger charge is -2.12. The van der Waals surface area contributed by atoms with Crippen LogP contribution in [0.1, 0.15) is 24.1 Å². The summed E-state index contributed by atoms with van der Waals surface area (Å²) >= 11 is 0. The standard InChI is InChI=1S/C11H14N/c1-8-7-9-5-3-4-6-10(9)11(8)12-2/h3-6,8,11H,7H2,1-2H3. The van der Waals surface area contributed by atoms with E-state index in [9.17, 15) is 0 Å². The molecule has 12 heavy (non-hydrogen) atoms. The second-order valence-corrected chi connectivity index (χ2v) is 3.58. The first kappa shape index (κ1) is 7.81. The van der Waals surface area contributed by atoms with Gasteiger partial charge in [-0.05, 0) is 23.5 Å². The van der Waals surface area contributed by atoms with Crippen LogP contribution >= 0.6 is 0 Å². The van der Waals surface area contributed by atoms with Gasteiger partial charge in [0.25, 0.3) is 0 Å². The molecule has 1 aromatic rings. The van der Waals surface area contributed by atoms with E-state index in [1.807, 2.05) is 7.05 Å². The topological polar surface area (TPSA) is 14.1 Å². The van der Waals surface area contributed by atoms with Crippen molar-refractivity contribution >= 4 is 0 Å². The number of benzene rings is 1. The van der Waals surface area contributed by atoms with Crippen molar-refractivity contribution in [2.45, 2.75) is 19.4 Å². The molecular formula is C11H14N. The van der Waals surface area contributed by atoms with Gasteiger partial charge in [0.2, 0.25) is 0 Å². The number of hydrogen-bond donors (Lipinski definition) is 0. The Hall–Kier alpha value is -0.820. The second kappa shape index (κ2) is 2.91. The van der Waals surface area contributed by atoms with Gasteiger partial charge >= 0.3 is 0 Å². The van der Waals surface area contributed by atoms with Gasteiger partial charge in [-0.15, -0.1) is 0 Å². The summed E-state index contributed by atoms with van der Waals surface area (Å²) < 4.78 is 0. The minimum Gasteiger partial charge on any atom is -0.237 e. The minimum absolute atomic E-state index is 0.446. The fraction of sp³-hybridized carbons (Fsp3) is 0.455. The molecule has 2 rings (SSSR count). The highest BCUT2D eigenvalue weighted by Gasteiger charge is 2.27. The van der Waals surface area contributed by atoms with Gasteiger partial charge in [-0.25, -0.2) is 5.32 Å². The van der Waals surface area contributed by atoms with Crippen LogP contribution in [0.5, 0.6) is 0 Å². The van der Waals surface area contributed by atoms with Gasteiger partial charge in [-0.1, -0.05) is 31.2 Å². The second-order valence-electron chi connectivity index (χ2n) is 3.58. The average Bonchev–Trinajstić information content (AvgIpc) is 2.40. The lowest BCUT2D eigenvalue weighted by molar-refractivity contribution is 0.440. The van der Waals surface area contributed by atoms with Crippen LogP contribution in [0, 0.1) is 5.92 Å². The Kier molecular flexibility index (Phi) is 1.89. The van der Waals surface area contributed by atoms with Crippen LogP contribution in [0.4, 0.5) is 0 Å². The molecule has 1 aromatic carbocycles. The first-order valence-electron chi connectivity index (χ1n) is 4.49. The maximum absolute atomic E-state index is 4.41. The predicted octanol–water partition coefficient (Wildman–Crippen LogP) is 2.15. The van der Waals surface area contributed by atoms with Gasteiger partial charge in [0.15, 0.2) is 0 Å². The van der Waals surface area contributed by atoms with Crippen LogP contribution in [0.2, 0.25) is 0 Å². The Labute approximate surface area is 73.8 Å². The highest BCUT2D eigenvalue weighted by atomic mass is 14.9. The Balaban J connectivity index is 2.40. The van der Waals surface area contributed by atoms with Crippen molar-refractivity contribution in [2.75, 3.05) is 7.05 Å². The molecule has 1 heteroatoms. The minimum atomic E-state index is 0.446. The molecule has 1 radical (unpaired) electrons. The largest absolute Gasteiger partial charge is 0.237 e. The SMILES string of the molecule is C[N]C1c2ccccc2CC1C. The van der Waals surface area contributed by atoms with E-state index >= 15 is 0 Å². The van der Waals surface area contributed by atoms with Gasteiger partial charge in [0.05, 0.1) is 6.04 Å². The molecule has 2 unspecified atom stereocenters. The molecule has 0 aromatic heterocycles. The summed E-state index contributed by atoms with van der Waals surface area (Å²) in [6.45, 7) is 2.28. The van der Waals surface area contributed by atoms with Crippen molar-refractivity contribution in [3.63, 3.8) is 0 Å². The van der Waals surface area contributed by atoms with Crippen molar-refractivity contribution in [3.05, 3.63) is 35.4 Å². The summed E-state index contributed by atoms with van der Waals surface area (Å²) in [5, 5.41) is 4.41. The van der Waals surface area contributed by atoms with E-state index in [2.05, 4.69) is 36.5 Å². The first-order valence-corrected chi connectivity index (χ1v) is 4.49. The van der Waals surface area contributed by atoms with E-state index in [0.717, 1.165) is 0 Å². The van der Waals surface area contributed by atoms with E-state index in [0.29, 0.717) is 12.0 Å². The summed E-state index contributed by atoms with van der Waals surface area (Å²) in [6.07, 6.45) is 1.19. The Morgan fingerprint density at radius 1 is 1.33 bits per heavy atom. The fourth-order valence-corrected chi connectivity index (χ4v) is 2.17. The van der Waals surface area contributed by atoms with Crippen molar-refractivity contribution < 1.29 is 0 Å². The summed E-state index contributed by atoms with van der Waals surface area (Å²) in [6, 6.07) is 9.09. The van der Waals surface area contributed by atoms with Crippen molar-refractivity contribution in [3.8, 4) is 0 Å². The van der Waals surface area contributed by atoms with Crippen LogP contribution in [-0.4, -0.2) is 7.05 Å². The van der Waals surface area contributed by atoms with Gasteiger partial charge in [0.1, 0.15) is 0 Å². The third-order valence-electron chi connectivity index (χ3n) is 2.73. The average molecular weight is 160 g/mol. The zero-order valence-electron chi connectivity index (χ0n) is 7.62. The molecule has 0 N–H and O–H groups in total. The predicted molar refractivity (Wildman–Crippen MR) is 50.1 cm³/mol. The Morgan fingerprint density at radius 3 is 2.83 bits per heavy atom. The number of rotatable bonds is 1. The molecular weight excluding hydrogens is 146 g/mol.